The molecule has 0 aliphatic heterocycles. The minimum atomic E-state index is 0. The highest BCUT2D eigenvalue weighted by molar-refractivity contribution is 5.85. The average Bonchev–Trinajstić information content (AvgIpc) is 2.13. The normalized spacial score (nSPS) is 8.50. The van der Waals surface area contributed by atoms with Crippen LogP contribution in [0.5, 0.6) is 0 Å². The molecule has 1 aromatic rings. The van der Waals surface area contributed by atoms with Crippen LogP contribution < -0.4 is 5.73 Å². The fourth-order valence-corrected chi connectivity index (χ4v) is 0.802. The lowest BCUT2D eigenvalue weighted by atomic mass is 10.4. The van der Waals surface area contributed by atoms with Gasteiger partial charge >= 0.3 is 0 Å². The van der Waals surface area contributed by atoms with Crippen molar-refractivity contribution in [3.05, 3.63) is 11.9 Å². The molecule has 2 N–H and O–H groups in total. The molecule has 0 bridgehead atoms. The van der Waals surface area contributed by atoms with Crippen LogP contribution in [-0.2, 0) is 18.4 Å². The molecule has 0 saturated heterocycles. The summed E-state index contributed by atoms with van der Waals surface area (Å²) in [5, 5.41) is 4.07. The molecule has 0 aromatic carbocycles. The van der Waals surface area contributed by atoms with Crippen molar-refractivity contribution in [2.75, 3.05) is 12.8 Å². The summed E-state index contributed by atoms with van der Waals surface area (Å²) < 4.78 is 6.54. The van der Waals surface area contributed by atoms with Gasteiger partial charge in [0.1, 0.15) is 5.69 Å². The molecule has 1 rings (SSSR count). The Morgan fingerprint density at radius 3 is 2.50 bits per heavy atom. The Kier molecular flexibility index (Phi) is 7.18. The molecule has 0 fully saturated rings. The van der Waals surface area contributed by atoms with Gasteiger partial charge in [-0.15, -0.1) is 24.8 Å². The first-order valence-corrected chi connectivity index (χ1v) is 3.01. The van der Waals surface area contributed by atoms with E-state index in [-0.39, 0.29) is 24.8 Å². The number of hydrogen-bond acceptors (Lipinski definition) is 3. The molecule has 0 unspecified atom stereocenters. The molecule has 1 heterocycles. The third-order valence-corrected chi connectivity index (χ3v) is 1.22. The first-order chi connectivity index (χ1) is 4.74. The van der Waals surface area contributed by atoms with Gasteiger partial charge in [0.05, 0.1) is 12.3 Å². The van der Waals surface area contributed by atoms with E-state index in [0.717, 1.165) is 5.69 Å². The van der Waals surface area contributed by atoms with Crippen molar-refractivity contribution in [2.24, 2.45) is 7.05 Å². The van der Waals surface area contributed by atoms with E-state index in [1.165, 1.54) is 0 Å². The maximum absolute atomic E-state index is 5.56. The Bertz CT molecular complexity index is 227. The second-order valence-corrected chi connectivity index (χ2v) is 2.14. The van der Waals surface area contributed by atoms with Crippen LogP contribution in [0.1, 0.15) is 5.69 Å². The summed E-state index contributed by atoms with van der Waals surface area (Å²) in [6.07, 6.45) is 1.76. The summed E-state index contributed by atoms with van der Waals surface area (Å²) in [7, 11) is 3.45. The van der Waals surface area contributed by atoms with Gasteiger partial charge in [-0.25, -0.2) is 0 Å². The van der Waals surface area contributed by atoms with Gasteiger partial charge in [0, 0.05) is 20.4 Å². The van der Waals surface area contributed by atoms with Gasteiger partial charge in [-0.3, -0.25) is 4.68 Å². The number of nitrogens with zero attached hydrogens (tertiary/aromatic N) is 2. The van der Waals surface area contributed by atoms with Crippen LogP contribution >= 0.6 is 24.8 Å². The van der Waals surface area contributed by atoms with E-state index in [1.54, 1.807) is 18.0 Å². The molecule has 0 saturated carbocycles. The Morgan fingerprint density at radius 2 is 2.17 bits per heavy atom. The highest BCUT2D eigenvalue weighted by atomic mass is 35.5. The third kappa shape index (κ3) is 3.30. The van der Waals surface area contributed by atoms with Crippen molar-refractivity contribution >= 4 is 30.5 Å². The fourth-order valence-electron chi connectivity index (χ4n) is 0.802. The fraction of sp³-hybridized carbons (Fsp3) is 0.500. The van der Waals surface area contributed by atoms with Gasteiger partial charge < -0.3 is 10.5 Å². The first-order valence-electron chi connectivity index (χ1n) is 3.01. The standard InChI is InChI=1S/C6H11N3O.2ClH/c1-9-3-5(7)6(8-9)4-10-2;;/h3H,4,7H2,1-2H3;2*1H. The third-order valence-electron chi connectivity index (χ3n) is 1.22. The minimum absolute atomic E-state index is 0. The summed E-state index contributed by atoms with van der Waals surface area (Å²) in [5.74, 6) is 0. The van der Waals surface area contributed by atoms with Crippen LogP contribution in [0.25, 0.3) is 0 Å². The zero-order valence-corrected chi connectivity index (χ0v) is 8.61. The molecule has 0 aliphatic carbocycles. The quantitative estimate of drug-likeness (QED) is 0.798. The molecule has 0 atom stereocenters. The Balaban J connectivity index is 0. The van der Waals surface area contributed by atoms with E-state index in [9.17, 15) is 0 Å². The van der Waals surface area contributed by atoms with E-state index in [0.29, 0.717) is 12.3 Å². The number of aromatic nitrogens is 2. The second kappa shape index (κ2) is 6.11. The van der Waals surface area contributed by atoms with Crippen LogP contribution in [0, 0.1) is 0 Å². The monoisotopic (exact) mass is 213 g/mol. The molecule has 0 aliphatic rings. The molecular weight excluding hydrogens is 201 g/mol. The topological polar surface area (TPSA) is 53.1 Å². The predicted molar refractivity (Wildman–Crippen MR) is 52.8 cm³/mol. The van der Waals surface area contributed by atoms with E-state index < -0.39 is 0 Å². The van der Waals surface area contributed by atoms with Gasteiger partial charge in [0.15, 0.2) is 0 Å². The van der Waals surface area contributed by atoms with Gasteiger partial charge in [0.2, 0.25) is 0 Å². The molecule has 4 nitrogen and oxygen atoms in total. The van der Waals surface area contributed by atoms with Crippen LogP contribution in [0.4, 0.5) is 5.69 Å². The Labute approximate surface area is 83.9 Å². The summed E-state index contributed by atoms with van der Waals surface area (Å²) >= 11 is 0. The molecule has 12 heavy (non-hydrogen) atoms. The number of methoxy groups -OCH3 is 1. The summed E-state index contributed by atoms with van der Waals surface area (Å²) in [4.78, 5) is 0. The van der Waals surface area contributed by atoms with Crippen LogP contribution in [-0.4, -0.2) is 16.9 Å². The highest BCUT2D eigenvalue weighted by Gasteiger charge is 2.01. The maximum atomic E-state index is 5.56. The summed E-state index contributed by atoms with van der Waals surface area (Å²) in [6.45, 7) is 0.479. The van der Waals surface area contributed by atoms with E-state index in [4.69, 9.17) is 10.5 Å². The van der Waals surface area contributed by atoms with E-state index >= 15 is 0 Å². The Morgan fingerprint density at radius 1 is 1.58 bits per heavy atom. The molecule has 0 amide bonds. The number of rotatable bonds is 2. The molecule has 0 radical (unpaired) electrons. The number of halogens is 2. The molecule has 6 heteroatoms. The lowest BCUT2D eigenvalue weighted by Crippen LogP contribution is -1.94. The first kappa shape index (κ1) is 14.1. The van der Waals surface area contributed by atoms with Crippen molar-refractivity contribution in [2.45, 2.75) is 6.61 Å². The molecule has 0 spiro atoms. The predicted octanol–water partition coefficient (Wildman–Crippen LogP) is 0.992. The SMILES string of the molecule is COCc1nn(C)cc1N.Cl.Cl. The number of hydrogen-bond donors (Lipinski definition) is 1. The molecule has 72 valence electrons. The lowest BCUT2D eigenvalue weighted by molar-refractivity contribution is 0.181. The van der Waals surface area contributed by atoms with Crippen molar-refractivity contribution in [1.29, 1.82) is 0 Å². The highest BCUT2D eigenvalue weighted by Crippen LogP contribution is 2.07. The Hall–Kier alpha value is -0.450. The molecule has 1 aromatic heterocycles. The summed E-state index contributed by atoms with van der Waals surface area (Å²) in [5.41, 5.74) is 7.04. The number of nitrogen functional groups attached to an aromatic ring is 1. The van der Waals surface area contributed by atoms with Crippen molar-refractivity contribution in [3.63, 3.8) is 0 Å². The van der Waals surface area contributed by atoms with E-state index in [2.05, 4.69) is 5.10 Å². The second-order valence-electron chi connectivity index (χ2n) is 2.14. The van der Waals surface area contributed by atoms with Crippen LogP contribution in [0.2, 0.25) is 0 Å². The van der Waals surface area contributed by atoms with Gasteiger partial charge in [-0.1, -0.05) is 0 Å². The number of nitrogens with two attached hydrogens (primary N) is 1. The van der Waals surface area contributed by atoms with Crippen molar-refractivity contribution in [1.82, 2.24) is 9.78 Å². The lowest BCUT2D eigenvalue weighted by Gasteiger charge is -1.92. The summed E-state index contributed by atoms with van der Waals surface area (Å²) in [6, 6.07) is 0. The van der Waals surface area contributed by atoms with Gasteiger partial charge in [-0.2, -0.15) is 5.10 Å². The van der Waals surface area contributed by atoms with Crippen molar-refractivity contribution < 1.29 is 4.74 Å². The van der Waals surface area contributed by atoms with Crippen LogP contribution in [0.3, 0.4) is 0 Å². The van der Waals surface area contributed by atoms with Crippen molar-refractivity contribution in [3.8, 4) is 0 Å². The number of anilines is 1. The smallest absolute Gasteiger partial charge is 0.111 e. The van der Waals surface area contributed by atoms with E-state index in [1.807, 2.05) is 7.05 Å². The van der Waals surface area contributed by atoms with Crippen LogP contribution in [0.15, 0.2) is 6.20 Å². The average molecular weight is 214 g/mol. The zero-order chi connectivity index (χ0) is 7.56. The zero-order valence-electron chi connectivity index (χ0n) is 6.98. The largest absolute Gasteiger partial charge is 0.396 e. The minimum Gasteiger partial charge on any atom is -0.396 e. The maximum Gasteiger partial charge on any atom is 0.111 e. The van der Waals surface area contributed by atoms with Gasteiger partial charge in [0.25, 0.3) is 0 Å². The number of ether oxygens (including phenoxy) is 1. The number of aryl methyl sites for hydroxylation is 1. The van der Waals surface area contributed by atoms with Gasteiger partial charge in [-0.05, 0) is 0 Å². The molecular formula is C6H13Cl2N3O.